The van der Waals surface area contributed by atoms with Crippen molar-refractivity contribution < 1.29 is 24.0 Å². The molecule has 1 rings (SSSR count). The van der Waals surface area contributed by atoms with Crippen molar-refractivity contribution in [2.24, 2.45) is 0 Å². The molecule has 0 amide bonds. The van der Waals surface area contributed by atoms with Gasteiger partial charge in [0.25, 0.3) is 0 Å². The molecular weight excluding hydrogens is 221 g/mol. The van der Waals surface area contributed by atoms with Crippen LogP contribution < -0.4 is 0 Å². The van der Waals surface area contributed by atoms with Crippen LogP contribution in [-0.2, 0) is 9.09 Å². The Kier molecular flexibility index (Phi) is 5.18. The average Bonchev–Trinajstić information content (AvgIpc) is 2.12. The van der Waals surface area contributed by atoms with Crippen LogP contribution in [0.2, 0.25) is 0 Å². The van der Waals surface area contributed by atoms with Gasteiger partial charge >= 0.3 is 7.82 Å². The molecule has 1 aliphatic heterocycles. The molecule has 3 N–H and O–H groups in total. The van der Waals surface area contributed by atoms with Crippen molar-refractivity contribution in [2.75, 3.05) is 26.2 Å². The highest BCUT2D eigenvalue weighted by atomic mass is 31.2. The van der Waals surface area contributed by atoms with Gasteiger partial charge in [-0.05, 0) is 25.8 Å². The maximum atomic E-state index is 10.6. The Labute approximate surface area is 89.1 Å². The second-order valence-electron chi connectivity index (χ2n) is 3.74. The number of likely N-dealkylation sites (tertiary alicyclic amines) is 1. The molecule has 0 radical (unpaired) electrons. The van der Waals surface area contributed by atoms with Gasteiger partial charge in [-0.25, -0.2) is 4.57 Å². The molecule has 90 valence electrons. The summed E-state index contributed by atoms with van der Waals surface area (Å²) in [6, 6.07) is 0. The lowest BCUT2D eigenvalue weighted by atomic mass is 10.1. The van der Waals surface area contributed by atoms with Crippen molar-refractivity contribution in [3.63, 3.8) is 0 Å². The van der Waals surface area contributed by atoms with E-state index in [0.29, 0.717) is 19.4 Å². The summed E-state index contributed by atoms with van der Waals surface area (Å²) in [4.78, 5) is 19.4. The first-order valence-electron chi connectivity index (χ1n) is 5.08. The summed E-state index contributed by atoms with van der Waals surface area (Å²) < 4.78 is 15.3. The van der Waals surface area contributed by atoms with E-state index in [4.69, 9.17) is 14.9 Å². The van der Waals surface area contributed by atoms with Gasteiger partial charge in [0.1, 0.15) is 0 Å². The lowest BCUT2D eigenvalue weighted by molar-refractivity contribution is 0.0587. The van der Waals surface area contributed by atoms with E-state index in [1.54, 1.807) is 0 Å². The lowest BCUT2D eigenvalue weighted by Gasteiger charge is -2.32. The molecule has 0 aromatic carbocycles. The first-order chi connectivity index (χ1) is 7.01. The van der Waals surface area contributed by atoms with Crippen molar-refractivity contribution in [2.45, 2.75) is 25.4 Å². The number of nitrogens with zero attached hydrogens (tertiary/aromatic N) is 1. The topological polar surface area (TPSA) is 90.2 Å². The van der Waals surface area contributed by atoms with Crippen molar-refractivity contribution >= 4 is 7.82 Å². The Balaban J connectivity index is 2.32. The van der Waals surface area contributed by atoms with Gasteiger partial charge in [0.2, 0.25) is 0 Å². The highest BCUT2D eigenvalue weighted by Gasteiger charge is 2.26. The fraction of sp³-hybridized carbons (Fsp3) is 1.00. The number of phosphoric acid groups is 1. The number of hydrogen-bond acceptors (Lipinski definition) is 4. The van der Waals surface area contributed by atoms with E-state index in [1.165, 1.54) is 0 Å². The van der Waals surface area contributed by atoms with Crippen LogP contribution in [0.25, 0.3) is 0 Å². The zero-order valence-electron chi connectivity index (χ0n) is 8.58. The number of rotatable bonds is 5. The SMILES string of the molecule is O=P(O)(O)OC1CCCN(CCCO)C1. The third kappa shape index (κ3) is 5.61. The number of piperidine rings is 1. The zero-order chi connectivity index (χ0) is 11.3. The van der Waals surface area contributed by atoms with Crippen LogP contribution in [-0.4, -0.2) is 52.1 Å². The van der Waals surface area contributed by atoms with Crippen LogP contribution >= 0.6 is 7.82 Å². The molecule has 6 nitrogen and oxygen atoms in total. The van der Waals surface area contributed by atoms with Crippen molar-refractivity contribution in [1.82, 2.24) is 4.90 Å². The zero-order valence-corrected chi connectivity index (χ0v) is 9.47. The Morgan fingerprint density at radius 2 is 2.20 bits per heavy atom. The monoisotopic (exact) mass is 239 g/mol. The van der Waals surface area contributed by atoms with Crippen LogP contribution in [0.15, 0.2) is 0 Å². The summed E-state index contributed by atoms with van der Waals surface area (Å²) >= 11 is 0. The van der Waals surface area contributed by atoms with Gasteiger partial charge in [-0.2, -0.15) is 0 Å². The minimum atomic E-state index is -4.36. The van der Waals surface area contributed by atoms with Gasteiger partial charge in [-0.15, -0.1) is 0 Å². The summed E-state index contributed by atoms with van der Waals surface area (Å²) in [7, 11) is -4.36. The van der Waals surface area contributed by atoms with E-state index in [-0.39, 0.29) is 6.61 Å². The van der Waals surface area contributed by atoms with Crippen LogP contribution in [0.1, 0.15) is 19.3 Å². The van der Waals surface area contributed by atoms with Crippen molar-refractivity contribution in [1.29, 1.82) is 0 Å². The van der Waals surface area contributed by atoms with Crippen LogP contribution in [0.3, 0.4) is 0 Å². The fourth-order valence-corrected chi connectivity index (χ4v) is 2.35. The third-order valence-electron chi connectivity index (χ3n) is 2.38. The summed E-state index contributed by atoms with van der Waals surface area (Å²) in [6.45, 7) is 2.32. The van der Waals surface area contributed by atoms with E-state index >= 15 is 0 Å². The Hall–Kier alpha value is 0.0300. The number of aliphatic hydroxyl groups excluding tert-OH is 1. The molecule has 1 unspecified atom stereocenters. The van der Waals surface area contributed by atoms with Gasteiger partial charge in [-0.1, -0.05) is 0 Å². The van der Waals surface area contributed by atoms with Crippen LogP contribution in [0.4, 0.5) is 0 Å². The van der Waals surface area contributed by atoms with Crippen LogP contribution in [0, 0.1) is 0 Å². The van der Waals surface area contributed by atoms with E-state index < -0.39 is 13.9 Å². The lowest BCUT2D eigenvalue weighted by Crippen LogP contribution is -2.39. The first-order valence-corrected chi connectivity index (χ1v) is 6.61. The Morgan fingerprint density at radius 3 is 2.80 bits per heavy atom. The standard InChI is InChI=1S/C8H18NO5P/c10-6-2-5-9-4-1-3-8(7-9)14-15(11,12)13/h8,10H,1-7H2,(H2,11,12,13). The maximum Gasteiger partial charge on any atom is 0.469 e. The van der Waals surface area contributed by atoms with Gasteiger partial charge in [0.15, 0.2) is 0 Å². The third-order valence-corrected chi connectivity index (χ3v) is 2.95. The molecule has 0 bridgehead atoms. The molecule has 1 atom stereocenters. The molecule has 0 saturated carbocycles. The van der Waals surface area contributed by atoms with Crippen molar-refractivity contribution in [3.05, 3.63) is 0 Å². The van der Waals surface area contributed by atoms with Crippen LogP contribution in [0.5, 0.6) is 0 Å². The molecule has 0 spiro atoms. The molecule has 15 heavy (non-hydrogen) atoms. The number of phosphoric ester groups is 1. The second-order valence-corrected chi connectivity index (χ2v) is 4.93. The highest BCUT2D eigenvalue weighted by molar-refractivity contribution is 7.46. The molecule has 0 aliphatic carbocycles. The number of hydrogen-bond donors (Lipinski definition) is 3. The van der Waals surface area contributed by atoms with Gasteiger partial charge in [0, 0.05) is 19.7 Å². The van der Waals surface area contributed by atoms with Gasteiger partial charge < -0.3 is 19.8 Å². The average molecular weight is 239 g/mol. The first kappa shape index (κ1) is 13.1. The minimum absolute atomic E-state index is 0.139. The molecular formula is C8H18NO5P. The predicted octanol–water partition coefficient (Wildman–Crippen LogP) is -0.0575. The summed E-state index contributed by atoms with van der Waals surface area (Å²) in [5.41, 5.74) is 0. The molecule has 1 aliphatic rings. The molecule has 7 heteroatoms. The molecule has 1 heterocycles. The smallest absolute Gasteiger partial charge is 0.396 e. The van der Waals surface area contributed by atoms with Gasteiger partial charge in [-0.3, -0.25) is 4.52 Å². The molecule has 0 aromatic heterocycles. The second kappa shape index (κ2) is 5.94. The molecule has 1 fully saturated rings. The normalized spacial score (nSPS) is 24.3. The fourth-order valence-electron chi connectivity index (χ4n) is 1.79. The quantitative estimate of drug-likeness (QED) is 0.582. The van der Waals surface area contributed by atoms with Gasteiger partial charge in [0.05, 0.1) is 6.10 Å². The number of aliphatic hydroxyl groups is 1. The Morgan fingerprint density at radius 1 is 1.47 bits per heavy atom. The van der Waals surface area contributed by atoms with Crippen molar-refractivity contribution in [3.8, 4) is 0 Å². The van der Waals surface area contributed by atoms with E-state index in [1.807, 2.05) is 0 Å². The maximum absolute atomic E-state index is 10.6. The Bertz CT molecular complexity index is 231. The van der Waals surface area contributed by atoms with E-state index in [0.717, 1.165) is 19.5 Å². The predicted molar refractivity (Wildman–Crippen MR) is 54.3 cm³/mol. The van der Waals surface area contributed by atoms with E-state index in [2.05, 4.69) is 9.42 Å². The summed E-state index contributed by atoms with van der Waals surface area (Å²) in [6.07, 6.45) is 1.85. The summed E-state index contributed by atoms with van der Waals surface area (Å²) in [5.74, 6) is 0. The summed E-state index contributed by atoms with van der Waals surface area (Å²) in [5, 5.41) is 8.67. The largest absolute Gasteiger partial charge is 0.469 e. The molecule has 1 saturated heterocycles. The minimum Gasteiger partial charge on any atom is -0.396 e. The highest BCUT2D eigenvalue weighted by Crippen LogP contribution is 2.39. The van der Waals surface area contributed by atoms with E-state index in [9.17, 15) is 4.57 Å². The molecule has 0 aromatic rings.